The summed E-state index contributed by atoms with van der Waals surface area (Å²) in [6, 6.07) is 4.62. The number of methoxy groups -OCH3 is 1. The molecule has 7 nitrogen and oxygen atoms in total. The average molecular weight is 373 g/mol. The lowest BCUT2D eigenvalue weighted by molar-refractivity contribution is -0.118. The number of carbonyl (C=O) groups is 2. The fraction of sp³-hybridized carbons (Fsp3) is 0.400. The van der Waals surface area contributed by atoms with Crippen LogP contribution in [0.1, 0.15) is 19.8 Å². The number of nitrogens with one attached hydrogen (secondary N) is 2. The summed E-state index contributed by atoms with van der Waals surface area (Å²) in [6.07, 6.45) is 1.25. The van der Waals surface area contributed by atoms with Crippen LogP contribution in [0.25, 0.3) is 10.2 Å². The second kappa shape index (κ2) is 9.53. The lowest BCUT2D eigenvalue weighted by Crippen LogP contribution is -2.39. The van der Waals surface area contributed by atoms with E-state index in [1.165, 1.54) is 18.4 Å². The van der Waals surface area contributed by atoms with Crippen molar-refractivity contribution < 1.29 is 14.3 Å². The van der Waals surface area contributed by atoms with E-state index >= 15 is 0 Å². The first-order chi connectivity index (χ1) is 11.0. The molecule has 4 N–H and O–H groups in total. The van der Waals surface area contributed by atoms with Crippen LogP contribution in [-0.2, 0) is 14.3 Å². The molecule has 132 valence electrons. The van der Waals surface area contributed by atoms with Crippen LogP contribution < -0.4 is 16.4 Å². The molecular weight excluding hydrogens is 352 g/mol. The normalized spacial score (nSPS) is 11.6. The largest absolute Gasteiger partial charge is 0.383 e. The Bertz CT molecular complexity index is 707. The monoisotopic (exact) mass is 372 g/mol. The predicted molar refractivity (Wildman–Crippen MR) is 98.9 cm³/mol. The summed E-state index contributed by atoms with van der Waals surface area (Å²) in [6.45, 7) is 2.10. The molecule has 0 aliphatic heterocycles. The molecule has 2 aromatic rings. The Labute approximate surface area is 150 Å². The molecule has 0 aliphatic carbocycles. The topological polar surface area (TPSA) is 106 Å². The Morgan fingerprint density at radius 3 is 2.79 bits per heavy atom. The number of thiazole rings is 1. The summed E-state index contributed by atoms with van der Waals surface area (Å²) in [4.78, 5) is 27.8. The van der Waals surface area contributed by atoms with Crippen molar-refractivity contribution in [2.75, 3.05) is 24.4 Å². The van der Waals surface area contributed by atoms with E-state index in [9.17, 15) is 9.59 Å². The van der Waals surface area contributed by atoms with Crippen LogP contribution in [0.4, 0.5) is 10.8 Å². The SMILES string of the molecule is CCCC(=O)Nc1nc2ccc(NC(=O)C(N)COC)cc2s1.Cl. The van der Waals surface area contributed by atoms with Gasteiger partial charge in [-0.15, -0.1) is 12.4 Å². The number of nitrogens with two attached hydrogens (primary N) is 1. The van der Waals surface area contributed by atoms with Crippen LogP contribution in [0, 0.1) is 0 Å². The summed E-state index contributed by atoms with van der Waals surface area (Å²) in [7, 11) is 1.49. The van der Waals surface area contributed by atoms with Gasteiger partial charge in [0.1, 0.15) is 6.04 Å². The second-order valence-corrected chi connectivity index (χ2v) is 6.08. The van der Waals surface area contributed by atoms with Gasteiger partial charge in [-0.05, 0) is 24.6 Å². The van der Waals surface area contributed by atoms with Crippen LogP contribution in [0.15, 0.2) is 18.2 Å². The van der Waals surface area contributed by atoms with Crippen LogP contribution in [0.5, 0.6) is 0 Å². The molecule has 1 heterocycles. The molecular formula is C15H21ClN4O3S. The predicted octanol–water partition coefficient (Wildman–Crippen LogP) is 2.37. The quantitative estimate of drug-likeness (QED) is 0.691. The molecule has 2 amide bonds. The lowest BCUT2D eigenvalue weighted by atomic mass is 10.2. The molecule has 0 bridgehead atoms. The maximum Gasteiger partial charge on any atom is 0.243 e. The van der Waals surface area contributed by atoms with Gasteiger partial charge in [0.2, 0.25) is 11.8 Å². The Balaban J connectivity index is 0.00000288. The van der Waals surface area contributed by atoms with E-state index in [1.54, 1.807) is 18.2 Å². The van der Waals surface area contributed by atoms with Crippen molar-refractivity contribution >= 4 is 56.6 Å². The van der Waals surface area contributed by atoms with Crippen LogP contribution in [0.3, 0.4) is 0 Å². The standard InChI is InChI=1S/C15H20N4O3S.ClH/c1-3-4-13(20)19-15-18-11-6-5-9(7-12(11)23-15)17-14(21)10(16)8-22-2;/h5-7,10H,3-4,8,16H2,1-2H3,(H,17,21)(H,18,19,20);1H. The van der Waals surface area contributed by atoms with Crippen LogP contribution >= 0.6 is 23.7 Å². The van der Waals surface area contributed by atoms with E-state index in [-0.39, 0.29) is 30.8 Å². The smallest absolute Gasteiger partial charge is 0.243 e. The van der Waals surface area contributed by atoms with Crippen molar-refractivity contribution in [1.82, 2.24) is 4.98 Å². The number of halogens is 1. The van der Waals surface area contributed by atoms with Crippen molar-refractivity contribution in [3.05, 3.63) is 18.2 Å². The van der Waals surface area contributed by atoms with Crippen molar-refractivity contribution in [3.63, 3.8) is 0 Å². The van der Waals surface area contributed by atoms with E-state index in [0.717, 1.165) is 16.6 Å². The minimum absolute atomic E-state index is 0. The highest BCUT2D eigenvalue weighted by molar-refractivity contribution is 7.22. The number of rotatable bonds is 7. The maximum absolute atomic E-state index is 11.9. The maximum atomic E-state index is 11.9. The molecule has 0 saturated carbocycles. The first-order valence-electron chi connectivity index (χ1n) is 7.29. The van der Waals surface area contributed by atoms with Gasteiger partial charge < -0.3 is 21.1 Å². The Hall–Kier alpha value is -1.74. The van der Waals surface area contributed by atoms with Gasteiger partial charge in [-0.25, -0.2) is 4.98 Å². The van der Waals surface area contributed by atoms with E-state index in [4.69, 9.17) is 10.5 Å². The number of fused-ring (bicyclic) bond motifs is 1. The van der Waals surface area contributed by atoms with Gasteiger partial charge in [0, 0.05) is 19.2 Å². The zero-order chi connectivity index (χ0) is 16.8. The molecule has 0 saturated heterocycles. The minimum atomic E-state index is -0.721. The molecule has 2 rings (SSSR count). The fourth-order valence-corrected chi connectivity index (χ4v) is 2.88. The molecule has 0 radical (unpaired) electrons. The van der Waals surface area contributed by atoms with Crippen molar-refractivity contribution in [2.45, 2.75) is 25.8 Å². The van der Waals surface area contributed by atoms with Crippen molar-refractivity contribution in [1.29, 1.82) is 0 Å². The summed E-state index contributed by atoms with van der Waals surface area (Å²) in [5.41, 5.74) is 7.07. The Morgan fingerprint density at radius 2 is 2.12 bits per heavy atom. The zero-order valence-corrected chi connectivity index (χ0v) is 15.1. The van der Waals surface area contributed by atoms with E-state index in [2.05, 4.69) is 15.6 Å². The fourth-order valence-electron chi connectivity index (χ4n) is 1.95. The van der Waals surface area contributed by atoms with E-state index in [1.807, 2.05) is 6.92 Å². The molecule has 1 aromatic heterocycles. The van der Waals surface area contributed by atoms with Gasteiger partial charge in [0.05, 0.1) is 16.8 Å². The highest BCUT2D eigenvalue weighted by atomic mass is 35.5. The van der Waals surface area contributed by atoms with Crippen LogP contribution in [0.2, 0.25) is 0 Å². The third-order valence-electron chi connectivity index (χ3n) is 3.06. The number of ether oxygens (including phenoxy) is 1. The molecule has 24 heavy (non-hydrogen) atoms. The number of benzene rings is 1. The third-order valence-corrected chi connectivity index (χ3v) is 4.00. The summed E-state index contributed by atoms with van der Waals surface area (Å²) < 4.78 is 5.73. The van der Waals surface area contributed by atoms with Gasteiger partial charge in [0.15, 0.2) is 5.13 Å². The van der Waals surface area contributed by atoms with E-state index < -0.39 is 6.04 Å². The van der Waals surface area contributed by atoms with Crippen LogP contribution in [-0.4, -0.2) is 36.6 Å². The average Bonchev–Trinajstić information content (AvgIpc) is 2.88. The highest BCUT2D eigenvalue weighted by Crippen LogP contribution is 2.28. The van der Waals surface area contributed by atoms with Crippen molar-refractivity contribution in [3.8, 4) is 0 Å². The molecule has 1 unspecified atom stereocenters. The first-order valence-corrected chi connectivity index (χ1v) is 8.11. The number of amides is 2. The Morgan fingerprint density at radius 1 is 1.38 bits per heavy atom. The number of anilines is 2. The molecule has 0 fully saturated rings. The summed E-state index contributed by atoms with van der Waals surface area (Å²) >= 11 is 1.36. The molecule has 0 aliphatic rings. The second-order valence-electron chi connectivity index (χ2n) is 5.05. The lowest BCUT2D eigenvalue weighted by Gasteiger charge is -2.10. The molecule has 0 spiro atoms. The molecule has 1 atom stereocenters. The third kappa shape index (κ3) is 5.41. The van der Waals surface area contributed by atoms with Gasteiger partial charge in [-0.1, -0.05) is 18.3 Å². The van der Waals surface area contributed by atoms with Crippen molar-refractivity contribution in [2.24, 2.45) is 5.73 Å². The molecule has 9 heteroatoms. The van der Waals surface area contributed by atoms with Gasteiger partial charge >= 0.3 is 0 Å². The number of hydrogen-bond donors (Lipinski definition) is 3. The van der Waals surface area contributed by atoms with Gasteiger partial charge in [-0.3, -0.25) is 9.59 Å². The van der Waals surface area contributed by atoms with E-state index in [0.29, 0.717) is 17.2 Å². The molecule has 1 aromatic carbocycles. The summed E-state index contributed by atoms with van der Waals surface area (Å²) in [5, 5.41) is 6.06. The number of nitrogens with zero attached hydrogens (tertiary/aromatic N) is 1. The highest BCUT2D eigenvalue weighted by Gasteiger charge is 2.14. The summed E-state index contributed by atoms with van der Waals surface area (Å²) in [5.74, 6) is -0.363. The first kappa shape index (κ1) is 20.3. The van der Waals surface area contributed by atoms with Gasteiger partial charge in [-0.2, -0.15) is 0 Å². The van der Waals surface area contributed by atoms with Gasteiger partial charge in [0.25, 0.3) is 0 Å². The number of aromatic nitrogens is 1. The minimum Gasteiger partial charge on any atom is -0.383 e. The number of hydrogen-bond acceptors (Lipinski definition) is 6. The number of carbonyl (C=O) groups excluding carboxylic acids is 2. The zero-order valence-electron chi connectivity index (χ0n) is 13.5. The Kier molecular flexibility index (Phi) is 8.06.